The molecule has 0 bridgehead atoms. The van der Waals surface area contributed by atoms with Crippen molar-refractivity contribution in [3.05, 3.63) is 18.2 Å². The fourth-order valence-electron chi connectivity index (χ4n) is 1.31. The summed E-state index contributed by atoms with van der Waals surface area (Å²) in [5.41, 5.74) is 12.2. The maximum Gasteiger partial charge on any atom is 0.258 e. The first-order valence-electron chi connectivity index (χ1n) is 5.81. The largest absolute Gasteiger partial charge is 0.479 e. The molecule has 0 saturated carbocycles. The first-order valence-corrected chi connectivity index (χ1v) is 5.81. The van der Waals surface area contributed by atoms with Crippen LogP contribution in [-0.2, 0) is 9.59 Å². The van der Waals surface area contributed by atoms with Gasteiger partial charge in [-0.05, 0) is 26.0 Å². The molecular formula is C12H17N3O5. The third-order valence-corrected chi connectivity index (χ3v) is 2.51. The molecule has 2 amide bonds. The number of carbonyl (C=O) groups is 2. The Hall–Kier alpha value is -2.48. The molecule has 8 heteroatoms. The first-order chi connectivity index (χ1) is 9.36. The summed E-state index contributed by atoms with van der Waals surface area (Å²) in [6.45, 7) is 2.92. The number of benzene rings is 1. The van der Waals surface area contributed by atoms with Crippen LogP contribution in [0.25, 0.3) is 0 Å². The molecule has 20 heavy (non-hydrogen) atoms. The number of rotatable bonds is 7. The van der Waals surface area contributed by atoms with Gasteiger partial charge in [-0.15, -0.1) is 0 Å². The molecule has 6 N–H and O–H groups in total. The highest BCUT2D eigenvalue weighted by atomic mass is 16.5. The van der Waals surface area contributed by atoms with Gasteiger partial charge in [0.05, 0.1) is 0 Å². The number of ether oxygens (including phenoxy) is 2. The van der Waals surface area contributed by atoms with Gasteiger partial charge in [0.25, 0.3) is 11.8 Å². The predicted octanol–water partition coefficient (Wildman–Crippen LogP) is -0.00710. The monoisotopic (exact) mass is 283 g/mol. The van der Waals surface area contributed by atoms with E-state index in [2.05, 4.69) is 0 Å². The number of hydrogen-bond donors (Lipinski definition) is 4. The second-order valence-electron chi connectivity index (χ2n) is 4.07. The van der Waals surface area contributed by atoms with Gasteiger partial charge in [-0.2, -0.15) is 0 Å². The van der Waals surface area contributed by atoms with Crippen molar-refractivity contribution in [1.82, 2.24) is 0 Å². The van der Waals surface area contributed by atoms with Crippen LogP contribution in [0.3, 0.4) is 0 Å². The molecule has 2 atom stereocenters. The van der Waals surface area contributed by atoms with Crippen molar-refractivity contribution in [3.63, 3.8) is 0 Å². The van der Waals surface area contributed by atoms with E-state index in [1.165, 1.54) is 26.0 Å². The number of nitrogens with two attached hydrogens (primary N) is 2. The van der Waals surface area contributed by atoms with Gasteiger partial charge in [0.15, 0.2) is 12.2 Å². The SMILES string of the molecule is CC(Oc1cccc(OC(C)C(N)=O)c1NO)C(N)=O. The summed E-state index contributed by atoms with van der Waals surface area (Å²) in [6.07, 6.45) is -1.79. The van der Waals surface area contributed by atoms with Crippen molar-refractivity contribution < 1.29 is 24.3 Å². The summed E-state index contributed by atoms with van der Waals surface area (Å²) in [5.74, 6) is -1.03. The molecule has 0 aliphatic heterocycles. The lowest BCUT2D eigenvalue weighted by Crippen LogP contribution is -2.31. The van der Waals surface area contributed by atoms with E-state index in [4.69, 9.17) is 26.1 Å². The number of primary amides is 2. The number of anilines is 1. The summed E-state index contributed by atoms with van der Waals surface area (Å²) in [6, 6.07) is 4.56. The molecule has 1 rings (SSSR count). The average molecular weight is 283 g/mol. The van der Waals surface area contributed by atoms with Crippen LogP contribution in [0.2, 0.25) is 0 Å². The Morgan fingerprint density at radius 3 is 1.80 bits per heavy atom. The van der Waals surface area contributed by atoms with Crippen molar-refractivity contribution in [2.24, 2.45) is 11.5 Å². The zero-order valence-electron chi connectivity index (χ0n) is 11.1. The molecule has 0 radical (unpaired) electrons. The Bertz CT molecular complexity index is 466. The molecule has 1 aromatic carbocycles. The second kappa shape index (κ2) is 6.62. The predicted molar refractivity (Wildman–Crippen MR) is 70.4 cm³/mol. The highest BCUT2D eigenvalue weighted by Gasteiger charge is 2.18. The Balaban J connectivity index is 3.03. The van der Waals surface area contributed by atoms with Crippen LogP contribution in [0.1, 0.15) is 13.8 Å². The van der Waals surface area contributed by atoms with Gasteiger partial charge in [-0.25, -0.2) is 0 Å². The van der Waals surface area contributed by atoms with E-state index in [1.54, 1.807) is 6.07 Å². The standard InChI is InChI=1S/C12H17N3O5/c1-6(11(13)16)19-8-4-3-5-9(10(8)15-18)20-7(2)12(14)17/h3-7,15,18H,1-2H3,(H2,13,16)(H2,14,17). The van der Waals surface area contributed by atoms with Crippen LogP contribution in [0.4, 0.5) is 5.69 Å². The Morgan fingerprint density at radius 2 is 1.50 bits per heavy atom. The molecule has 110 valence electrons. The van der Waals surface area contributed by atoms with E-state index in [9.17, 15) is 9.59 Å². The molecule has 0 aromatic heterocycles. The van der Waals surface area contributed by atoms with E-state index < -0.39 is 24.0 Å². The average Bonchev–Trinajstić information content (AvgIpc) is 2.38. The van der Waals surface area contributed by atoms with Crippen molar-refractivity contribution >= 4 is 17.5 Å². The quantitative estimate of drug-likeness (QED) is 0.519. The molecule has 0 spiro atoms. The molecule has 2 unspecified atom stereocenters. The van der Waals surface area contributed by atoms with E-state index in [1.807, 2.05) is 5.48 Å². The highest BCUT2D eigenvalue weighted by molar-refractivity contribution is 5.80. The van der Waals surface area contributed by atoms with Gasteiger partial charge >= 0.3 is 0 Å². The van der Waals surface area contributed by atoms with Gasteiger partial charge in [-0.3, -0.25) is 20.3 Å². The van der Waals surface area contributed by atoms with Crippen molar-refractivity contribution in [2.75, 3.05) is 5.48 Å². The van der Waals surface area contributed by atoms with E-state index >= 15 is 0 Å². The van der Waals surface area contributed by atoms with Crippen molar-refractivity contribution in [3.8, 4) is 11.5 Å². The van der Waals surface area contributed by atoms with Gasteiger partial charge in [0, 0.05) is 0 Å². The van der Waals surface area contributed by atoms with E-state index in [0.717, 1.165) is 0 Å². The van der Waals surface area contributed by atoms with Crippen LogP contribution >= 0.6 is 0 Å². The number of hydrogen-bond acceptors (Lipinski definition) is 6. The minimum absolute atomic E-state index is 0.0636. The maximum atomic E-state index is 11.0. The van der Waals surface area contributed by atoms with Crippen LogP contribution in [0.15, 0.2) is 18.2 Å². The minimum atomic E-state index is -0.897. The van der Waals surface area contributed by atoms with E-state index in [-0.39, 0.29) is 17.2 Å². The lowest BCUT2D eigenvalue weighted by atomic mass is 10.2. The Labute approximate surface area is 115 Å². The molecule has 0 saturated heterocycles. The normalized spacial score (nSPS) is 13.2. The Kier molecular flexibility index (Phi) is 5.15. The summed E-state index contributed by atoms with van der Waals surface area (Å²) in [5, 5.41) is 9.16. The van der Waals surface area contributed by atoms with Crippen LogP contribution in [-0.4, -0.2) is 29.2 Å². The lowest BCUT2D eigenvalue weighted by Gasteiger charge is -2.18. The van der Waals surface area contributed by atoms with Gasteiger partial charge in [0.1, 0.15) is 17.2 Å². The summed E-state index contributed by atoms with van der Waals surface area (Å²) >= 11 is 0. The topological polar surface area (TPSA) is 137 Å². The smallest absolute Gasteiger partial charge is 0.258 e. The van der Waals surface area contributed by atoms with Crippen LogP contribution in [0, 0.1) is 0 Å². The third-order valence-electron chi connectivity index (χ3n) is 2.51. The van der Waals surface area contributed by atoms with Gasteiger partial charge in [-0.1, -0.05) is 6.07 Å². The molecule has 1 aromatic rings. The zero-order valence-corrected chi connectivity index (χ0v) is 11.1. The Morgan fingerprint density at radius 1 is 1.10 bits per heavy atom. The molecule has 0 heterocycles. The molecular weight excluding hydrogens is 266 g/mol. The summed E-state index contributed by atoms with van der Waals surface area (Å²) in [7, 11) is 0. The number of para-hydroxylation sites is 1. The van der Waals surface area contributed by atoms with Gasteiger partial charge in [0.2, 0.25) is 0 Å². The van der Waals surface area contributed by atoms with Crippen molar-refractivity contribution in [1.29, 1.82) is 0 Å². The fourth-order valence-corrected chi connectivity index (χ4v) is 1.31. The lowest BCUT2D eigenvalue weighted by molar-refractivity contribution is -0.124. The number of carbonyl (C=O) groups excluding carboxylic acids is 2. The number of amides is 2. The van der Waals surface area contributed by atoms with E-state index in [0.29, 0.717) is 0 Å². The number of nitrogens with one attached hydrogen (secondary N) is 1. The molecule has 8 nitrogen and oxygen atoms in total. The van der Waals surface area contributed by atoms with Crippen LogP contribution in [0.5, 0.6) is 11.5 Å². The minimum Gasteiger partial charge on any atom is -0.479 e. The first kappa shape index (κ1) is 15.6. The highest BCUT2D eigenvalue weighted by Crippen LogP contribution is 2.35. The molecule has 0 aliphatic rings. The summed E-state index contributed by atoms with van der Waals surface area (Å²) < 4.78 is 10.6. The molecule has 0 fully saturated rings. The third kappa shape index (κ3) is 3.75. The van der Waals surface area contributed by atoms with Crippen LogP contribution < -0.4 is 26.4 Å². The van der Waals surface area contributed by atoms with Gasteiger partial charge < -0.3 is 20.9 Å². The fraction of sp³-hybridized carbons (Fsp3) is 0.333. The molecule has 0 aliphatic carbocycles. The second-order valence-corrected chi connectivity index (χ2v) is 4.07. The maximum absolute atomic E-state index is 11.0. The zero-order chi connectivity index (χ0) is 15.3. The summed E-state index contributed by atoms with van der Waals surface area (Å²) in [4.78, 5) is 22.0. The van der Waals surface area contributed by atoms with Crippen molar-refractivity contribution in [2.45, 2.75) is 26.1 Å².